The molecule has 3 heterocycles. The van der Waals surface area contributed by atoms with Crippen molar-refractivity contribution in [2.75, 3.05) is 42.3 Å². The normalized spacial score (nSPS) is 14.2. The number of thioether (sulfide) groups is 1. The Morgan fingerprint density at radius 3 is 2.72 bits per heavy atom. The second-order valence-electron chi connectivity index (χ2n) is 7.77. The van der Waals surface area contributed by atoms with E-state index in [2.05, 4.69) is 43.8 Å². The van der Waals surface area contributed by atoms with Crippen LogP contribution < -0.4 is 10.2 Å². The van der Waals surface area contributed by atoms with Gasteiger partial charge in [-0.3, -0.25) is 9.36 Å². The Morgan fingerprint density at radius 1 is 1.25 bits per heavy atom. The van der Waals surface area contributed by atoms with E-state index in [0.29, 0.717) is 30.0 Å². The number of thiazole rings is 1. The summed E-state index contributed by atoms with van der Waals surface area (Å²) >= 11 is 2.70. The maximum Gasteiger partial charge on any atom is 0.236 e. The van der Waals surface area contributed by atoms with Crippen molar-refractivity contribution in [2.45, 2.75) is 25.5 Å². The van der Waals surface area contributed by atoms with Gasteiger partial charge in [0.05, 0.1) is 24.7 Å². The van der Waals surface area contributed by atoms with Crippen LogP contribution >= 0.6 is 23.1 Å². The van der Waals surface area contributed by atoms with E-state index in [1.807, 2.05) is 5.38 Å². The van der Waals surface area contributed by atoms with Crippen molar-refractivity contribution in [2.24, 2.45) is 5.92 Å². The lowest BCUT2D eigenvalue weighted by Crippen LogP contribution is -2.38. The lowest BCUT2D eigenvalue weighted by Gasteiger charge is -2.28. The van der Waals surface area contributed by atoms with Gasteiger partial charge in [-0.1, -0.05) is 25.6 Å². The summed E-state index contributed by atoms with van der Waals surface area (Å²) in [6.07, 6.45) is 0. The van der Waals surface area contributed by atoms with Crippen LogP contribution in [0.3, 0.4) is 0 Å². The van der Waals surface area contributed by atoms with E-state index < -0.39 is 0 Å². The first-order valence-corrected chi connectivity index (χ1v) is 12.3. The molecule has 1 aliphatic heterocycles. The van der Waals surface area contributed by atoms with Crippen LogP contribution in [0, 0.1) is 11.7 Å². The highest BCUT2D eigenvalue weighted by atomic mass is 32.2. The van der Waals surface area contributed by atoms with E-state index in [9.17, 15) is 9.18 Å². The van der Waals surface area contributed by atoms with Gasteiger partial charge < -0.3 is 15.0 Å². The number of carbonyl (C=O) groups excluding carboxylic acids is 1. The molecule has 1 fully saturated rings. The summed E-state index contributed by atoms with van der Waals surface area (Å²) in [7, 11) is 0. The third kappa shape index (κ3) is 5.64. The highest BCUT2D eigenvalue weighted by molar-refractivity contribution is 7.99. The van der Waals surface area contributed by atoms with Crippen molar-refractivity contribution < 1.29 is 13.9 Å². The minimum atomic E-state index is -0.295. The van der Waals surface area contributed by atoms with Crippen LogP contribution in [0.4, 0.5) is 15.5 Å². The number of anilines is 2. The first-order chi connectivity index (χ1) is 15.5. The molecule has 0 spiro atoms. The largest absolute Gasteiger partial charge is 0.378 e. The summed E-state index contributed by atoms with van der Waals surface area (Å²) in [6, 6.07) is 6.11. The van der Waals surface area contributed by atoms with Crippen LogP contribution in [-0.4, -0.2) is 57.7 Å². The Labute approximate surface area is 194 Å². The van der Waals surface area contributed by atoms with Crippen LogP contribution in [0.15, 0.2) is 34.8 Å². The first-order valence-electron chi connectivity index (χ1n) is 10.4. The number of hydrogen-bond donors (Lipinski definition) is 1. The summed E-state index contributed by atoms with van der Waals surface area (Å²) in [4.78, 5) is 19.1. The molecule has 11 heteroatoms. The molecule has 1 aliphatic rings. The average molecular weight is 477 g/mol. The maximum atomic E-state index is 13.1. The molecule has 32 heavy (non-hydrogen) atoms. The van der Waals surface area contributed by atoms with Crippen LogP contribution in [0.2, 0.25) is 0 Å². The number of amides is 1. The number of nitrogens with zero attached hydrogens (tertiary/aromatic N) is 5. The van der Waals surface area contributed by atoms with Crippen molar-refractivity contribution in [3.05, 3.63) is 35.5 Å². The predicted octanol–water partition coefficient (Wildman–Crippen LogP) is 3.76. The zero-order valence-electron chi connectivity index (χ0n) is 18.0. The number of halogens is 1. The van der Waals surface area contributed by atoms with Gasteiger partial charge in [0.1, 0.15) is 5.82 Å². The van der Waals surface area contributed by atoms with Crippen molar-refractivity contribution in [1.29, 1.82) is 0 Å². The minimum absolute atomic E-state index is 0.165. The molecule has 0 saturated carbocycles. The lowest BCUT2D eigenvalue weighted by atomic mass is 10.2. The molecule has 4 rings (SSSR count). The fraction of sp³-hybridized carbons (Fsp3) is 0.429. The number of hydrogen-bond acceptors (Lipinski definition) is 8. The number of aromatic nitrogens is 4. The first kappa shape index (κ1) is 22.7. The summed E-state index contributed by atoms with van der Waals surface area (Å²) in [5.74, 6) is 0.983. The van der Waals surface area contributed by atoms with Gasteiger partial charge in [0.25, 0.3) is 0 Å². The summed E-state index contributed by atoms with van der Waals surface area (Å²) in [6.45, 7) is 7.97. The smallest absolute Gasteiger partial charge is 0.236 e. The molecule has 1 amide bonds. The van der Waals surface area contributed by atoms with Crippen LogP contribution in [0.25, 0.3) is 11.3 Å². The van der Waals surface area contributed by atoms with Crippen LogP contribution in [-0.2, 0) is 16.1 Å². The molecule has 170 valence electrons. The molecule has 1 saturated heterocycles. The van der Waals surface area contributed by atoms with Crippen molar-refractivity contribution in [1.82, 2.24) is 19.7 Å². The molecule has 2 aromatic heterocycles. The SMILES string of the molecule is CC(C)Cn1c(SCC(=O)Nc2nc(-c3ccc(F)cc3)cs2)nnc1N1CCOCC1. The van der Waals surface area contributed by atoms with Crippen LogP contribution in [0.5, 0.6) is 0 Å². The monoisotopic (exact) mass is 476 g/mol. The summed E-state index contributed by atoms with van der Waals surface area (Å²) in [5.41, 5.74) is 1.50. The van der Waals surface area contributed by atoms with Gasteiger partial charge >= 0.3 is 0 Å². The fourth-order valence-corrected chi connectivity index (χ4v) is 4.76. The Morgan fingerprint density at radius 2 is 2.00 bits per heavy atom. The molecular formula is C21H25FN6O2S2. The van der Waals surface area contributed by atoms with Gasteiger partial charge in [0.2, 0.25) is 11.9 Å². The Balaban J connectivity index is 1.38. The quantitative estimate of drug-likeness (QED) is 0.496. The second-order valence-corrected chi connectivity index (χ2v) is 9.57. The Bertz CT molecular complexity index is 1050. The molecular weight excluding hydrogens is 451 g/mol. The van der Waals surface area contributed by atoms with Gasteiger partial charge in [-0.05, 0) is 30.2 Å². The van der Waals surface area contributed by atoms with Crippen LogP contribution in [0.1, 0.15) is 13.8 Å². The van der Waals surface area contributed by atoms with E-state index in [-0.39, 0.29) is 17.5 Å². The molecule has 0 unspecified atom stereocenters. The van der Waals surface area contributed by atoms with Gasteiger partial charge in [-0.25, -0.2) is 9.37 Å². The zero-order chi connectivity index (χ0) is 22.5. The van der Waals surface area contributed by atoms with E-state index >= 15 is 0 Å². The van der Waals surface area contributed by atoms with Crippen molar-refractivity contribution >= 4 is 40.1 Å². The molecule has 8 nitrogen and oxygen atoms in total. The predicted molar refractivity (Wildman–Crippen MR) is 125 cm³/mol. The van der Waals surface area contributed by atoms with Gasteiger partial charge in [-0.15, -0.1) is 21.5 Å². The number of nitrogens with one attached hydrogen (secondary N) is 1. The number of ether oxygens (including phenoxy) is 1. The molecule has 3 aromatic rings. The highest BCUT2D eigenvalue weighted by Gasteiger charge is 2.22. The van der Waals surface area contributed by atoms with Crippen molar-refractivity contribution in [3.8, 4) is 11.3 Å². The fourth-order valence-electron chi connectivity index (χ4n) is 3.28. The Hall–Kier alpha value is -2.50. The topological polar surface area (TPSA) is 85.2 Å². The highest BCUT2D eigenvalue weighted by Crippen LogP contribution is 2.27. The third-order valence-corrected chi connectivity index (χ3v) is 6.49. The van der Waals surface area contributed by atoms with E-state index in [1.54, 1.807) is 12.1 Å². The van der Waals surface area contributed by atoms with Gasteiger partial charge in [0, 0.05) is 30.6 Å². The zero-order valence-corrected chi connectivity index (χ0v) is 19.6. The molecule has 0 bridgehead atoms. The molecule has 0 aliphatic carbocycles. The lowest BCUT2D eigenvalue weighted by molar-refractivity contribution is -0.113. The van der Waals surface area contributed by atoms with E-state index in [4.69, 9.17) is 4.74 Å². The number of benzene rings is 1. The number of rotatable bonds is 8. The second kappa shape index (κ2) is 10.4. The average Bonchev–Trinajstić information content (AvgIpc) is 3.40. The molecule has 1 aromatic carbocycles. The maximum absolute atomic E-state index is 13.1. The van der Waals surface area contributed by atoms with E-state index in [0.717, 1.165) is 36.3 Å². The summed E-state index contributed by atoms with van der Waals surface area (Å²) in [5, 5.41) is 14.6. The minimum Gasteiger partial charge on any atom is -0.378 e. The van der Waals surface area contributed by atoms with Gasteiger partial charge in [0.15, 0.2) is 10.3 Å². The Kier molecular flexibility index (Phi) is 7.38. The molecule has 0 atom stereocenters. The van der Waals surface area contributed by atoms with Crippen molar-refractivity contribution in [3.63, 3.8) is 0 Å². The molecule has 1 N–H and O–H groups in total. The van der Waals surface area contributed by atoms with E-state index in [1.165, 1.54) is 35.2 Å². The van der Waals surface area contributed by atoms with Gasteiger partial charge in [-0.2, -0.15) is 0 Å². The number of morpholine rings is 1. The standard InChI is InChI=1S/C21H25FN6O2S2/c1-14(2)11-28-20(27-7-9-30-10-8-27)25-26-21(28)32-13-18(29)24-19-23-17(12-31-19)15-3-5-16(22)6-4-15/h3-6,12,14H,7-11,13H2,1-2H3,(H,23,24,29). The summed E-state index contributed by atoms with van der Waals surface area (Å²) < 4.78 is 20.6. The molecule has 0 radical (unpaired) electrons. The third-order valence-electron chi connectivity index (χ3n) is 4.76. The number of carbonyl (C=O) groups is 1.